The molecule has 0 radical (unpaired) electrons. The highest BCUT2D eigenvalue weighted by atomic mass is 32.2. The van der Waals surface area contributed by atoms with Gasteiger partial charge >= 0.3 is 0 Å². The summed E-state index contributed by atoms with van der Waals surface area (Å²) >= 11 is 0. The fourth-order valence-corrected chi connectivity index (χ4v) is 5.70. The van der Waals surface area contributed by atoms with Crippen LogP contribution in [-0.4, -0.2) is 74.7 Å². The third-order valence-corrected chi connectivity index (χ3v) is 8.17. The van der Waals surface area contributed by atoms with E-state index in [0.29, 0.717) is 30.3 Å². The van der Waals surface area contributed by atoms with E-state index in [1.165, 1.54) is 0 Å². The predicted molar refractivity (Wildman–Crippen MR) is 109 cm³/mol. The minimum atomic E-state index is -3.47. The summed E-state index contributed by atoms with van der Waals surface area (Å²) < 4.78 is 27.6. The van der Waals surface area contributed by atoms with Gasteiger partial charge in [-0.1, -0.05) is 13.0 Å². The SMILES string of the molecule is CC1CCN(S(=O)(=O)c2ccc3c(c2)C=C(C(=O)N2CCN(C)CC2)C3)CC1. The van der Waals surface area contributed by atoms with Crippen molar-refractivity contribution in [3.05, 3.63) is 34.9 Å². The molecule has 1 aromatic carbocycles. The molecule has 0 atom stereocenters. The van der Waals surface area contributed by atoms with Crippen molar-refractivity contribution >= 4 is 22.0 Å². The zero-order valence-electron chi connectivity index (χ0n) is 16.7. The average molecular weight is 404 g/mol. The Bertz CT molecular complexity index is 893. The van der Waals surface area contributed by atoms with E-state index in [1.54, 1.807) is 16.4 Å². The third-order valence-electron chi connectivity index (χ3n) is 6.27. The molecule has 2 heterocycles. The lowest BCUT2D eigenvalue weighted by molar-refractivity contribution is -0.128. The van der Waals surface area contributed by atoms with E-state index in [-0.39, 0.29) is 5.91 Å². The Morgan fingerprint density at radius 2 is 1.71 bits per heavy atom. The summed E-state index contributed by atoms with van der Waals surface area (Å²) in [7, 11) is -1.40. The maximum atomic E-state index is 13.0. The van der Waals surface area contributed by atoms with E-state index in [0.717, 1.165) is 55.7 Å². The maximum Gasteiger partial charge on any atom is 0.250 e. The fourth-order valence-electron chi connectivity index (χ4n) is 4.20. The van der Waals surface area contributed by atoms with Crippen LogP contribution in [0.25, 0.3) is 6.08 Å². The lowest BCUT2D eigenvalue weighted by Gasteiger charge is -2.32. The predicted octanol–water partition coefficient (Wildman–Crippen LogP) is 1.82. The van der Waals surface area contributed by atoms with E-state index in [9.17, 15) is 13.2 Å². The van der Waals surface area contributed by atoms with Crippen LogP contribution in [-0.2, 0) is 21.2 Å². The molecule has 2 fully saturated rings. The number of nitrogens with zero attached hydrogens (tertiary/aromatic N) is 3. The van der Waals surface area contributed by atoms with E-state index >= 15 is 0 Å². The summed E-state index contributed by atoms with van der Waals surface area (Å²) in [6.45, 7) is 6.62. The highest BCUT2D eigenvalue weighted by Crippen LogP contribution is 2.30. The average Bonchev–Trinajstić information content (AvgIpc) is 3.12. The number of likely N-dealkylation sites (N-methyl/N-ethyl adjacent to an activating group) is 1. The molecule has 0 unspecified atom stereocenters. The van der Waals surface area contributed by atoms with Crippen LogP contribution in [0.3, 0.4) is 0 Å². The van der Waals surface area contributed by atoms with Crippen LogP contribution < -0.4 is 0 Å². The molecule has 2 saturated heterocycles. The molecule has 0 spiro atoms. The molecule has 1 aromatic rings. The van der Waals surface area contributed by atoms with Gasteiger partial charge in [0.2, 0.25) is 15.9 Å². The van der Waals surface area contributed by atoms with Crippen molar-refractivity contribution < 1.29 is 13.2 Å². The molecular weight excluding hydrogens is 374 g/mol. The van der Waals surface area contributed by atoms with Crippen molar-refractivity contribution in [1.82, 2.24) is 14.1 Å². The summed E-state index contributed by atoms with van der Waals surface area (Å²) in [5, 5.41) is 0. The lowest BCUT2D eigenvalue weighted by Crippen LogP contribution is -2.47. The van der Waals surface area contributed by atoms with Gasteiger partial charge in [0, 0.05) is 51.3 Å². The summed E-state index contributed by atoms with van der Waals surface area (Å²) in [4.78, 5) is 17.3. The summed E-state index contributed by atoms with van der Waals surface area (Å²) in [5.41, 5.74) is 2.66. The smallest absolute Gasteiger partial charge is 0.250 e. The second-order valence-corrected chi connectivity index (χ2v) is 10.3. The van der Waals surface area contributed by atoms with Gasteiger partial charge in [-0.2, -0.15) is 4.31 Å². The van der Waals surface area contributed by atoms with Gasteiger partial charge in [-0.3, -0.25) is 4.79 Å². The van der Waals surface area contributed by atoms with E-state index in [4.69, 9.17) is 0 Å². The van der Waals surface area contributed by atoms with Crippen LogP contribution in [0.15, 0.2) is 28.7 Å². The van der Waals surface area contributed by atoms with Crippen molar-refractivity contribution in [3.63, 3.8) is 0 Å². The van der Waals surface area contributed by atoms with Gasteiger partial charge in [-0.05, 0) is 55.1 Å². The Hall–Kier alpha value is -1.70. The number of hydrogen-bond acceptors (Lipinski definition) is 4. The maximum absolute atomic E-state index is 13.0. The molecular formula is C21H29N3O3S. The molecule has 2 aliphatic heterocycles. The Kier molecular flexibility index (Phi) is 5.33. The largest absolute Gasteiger partial charge is 0.336 e. The van der Waals surface area contributed by atoms with Crippen LogP contribution in [0, 0.1) is 5.92 Å². The van der Waals surface area contributed by atoms with Crippen molar-refractivity contribution in [1.29, 1.82) is 0 Å². The number of hydrogen-bond donors (Lipinski definition) is 0. The molecule has 0 saturated carbocycles. The van der Waals surface area contributed by atoms with Gasteiger partial charge in [-0.25, -0.2) is 8.42 Å². The first-order valence-corrected chi connectivity index (χ1v) is 11.6. The normalized spacial score (nSPS) is 22.2. The highest BCUT2D eigenvalue weighted by Gasteiger charge is 2.30. The summed E-state index contributed by atoms with van der Waals surface area (Å²) in [5.74, 6) is 0.663. The molecule has 1 amide bonds. The van der Waals surface area contributed by atoms with Crippen molar-refractivity contribution in [2.45, 2.75) is 31.1 Å². The number of piperazine rings is 1. The Labute approximate surface area is 167 Å². The van der Waals surface area contributed by atoms with Gasteiger partial charge in [-0.15, -0.1) is 0 Å². The van der Waals surface area contributed by atoms with Crippen LogP contribution in [0.5, 0.6) is 0 Å². The number of fused-ring (bicyclic) bond motifs is 1. The number of carbonyl (C=O) groups excluding carboxylic acids is 1. The van der Waals surface area contributed by atoms with Crippen molar-refractivity contribution in [3.8, 4) is 0 Å². The van der Waals surface area contributed by atoms with Crippen molar-refractivity contribution in [2.75, 3.05) is 46.3 Å². The van der Waals surface area contributed by atoms with Crippen molar-refractivity contribution in [2.24, 2.45) is 5.92 Å². The molecule has 152 valence electrons. The van der Waals surface area contributed by atoms with Crippen LogP contribution in [0.1, 0.15) is 30.9 Å². The monoisotopic (exact) mass is 403 g/mol. The van der Waals surface area contributed by atoms with Gasteiger partial charge in [0.1, 0.15) is 0 Å². The van der Waals surface area contributed by atoms with Crippen LogP contribution >= 0.6 is 0 Å². The third kappa shape index (κ3) is 3.75. The molecule has 0 bridgehead atoms. The quantitative estimate of drug-likeness (QED) is 0.772. The molecule has 6 nitrogen and oxygen atoms in total. The minimum Gasteiger partial charge on any atom is -0.336 e. The van der Waals surface area contributed by atoms with E-state index < -0.39 is 10.0 Å². The summed E-state index contributed by atoms with van der Waals surface area (Å²) in [6, 6.07) is 5.31. The Morgan fingerprint density at radius 1 is 1.04 bits per heavy atom. The minimum absolute atomic E-state index is 0.0822. The number of rotatable bonds is 3. The van der Waals surface area contributed by atoms with Crippen LogP contribution in [0.2, 0.25) is 0 Å². The first kappa shape index (κ1) is 19.6. The number of amides is 1. The Balaban J connectivity index is 1.52. The van der Waals surface area contributed by atoms with Gasteiger partial charge < -0.3 is 9.80 Å². The molecule has 0 aromatic heterocycles. The molecule has 4 rings (SSSR count). The second-order valence-electron chi connectivity index (χ2n) is 8.39. The molecule has 3 aliphatic rings. The lowest BCUT2D eigenvalue weighted by atomic mass is 10.0. The van der Waals surface area contributed by atoms with Gasteiger partial charge in [0.25, 0.3) is 0 Å². The first-order valence-electron chi connectivity index (χ1n) is 10.2. The standard InChI is InChI=1S/C21H29N3O3S/c1-16-5-7-24(8-6-16)28(26,27)20-4-3-17-13-19(14-18(17)15-20)21(25)23-11-9-22(2)10-12-23/h3-4,14-16H,5-13H2,1-2H3. The molecule has 1 aliphatic carbocycles. The van der Waals surface area contributed by atoms with E-state index in [2.05, 4.69) is 18.9 Å². The number of benzene rings is 1. The zero-order valence-corrected chi connectivity index (χ0v) is 17.5. The van der Waals surface area contributed by atoms with Crippen LogP contribution in [0.4, 0.5) is 0 Å². The Morgan fingerprint density at radius 3 is 2.39 bits per heavy atom. The van der Waals surface area contributed by atoms with Gasteiger partial charge in [0.05, 0.1) is 4.90 Å². The highest BCUT2D eigenvalue weighted by molar-refractivity contribution is 7.89. The molecule has 28 heavy (non-hydrogen) atoms. The number of sulfonamides is 1. The second kappa shape index (κ2) is 7.61. The summed E-state index contributed by atoms with van der Waals surface area (Å²) in [6.07, 6.45) is 4.29. The number of carbonyl (C=O) groups is 1. The number of piperidine rings is 1. The first-order chi connectivity index (χ1) is 13.3. The van der Waals surface area contributed by atoms with E-state index in [1.807, 2.05) is 17.0 Å². The topological polar surface area (TPSA) is 60.9 Å². The van der Waals surface area contributed by atoms with Gasteiger partial charge in [0.15, 0.2) is 0 Å². The fraction of sp³-hybridized carbons (Fsp3) is 0.571. The molecule has 0 N–H and O–H groups in total. The molecule has 7 heteroatoms. The zero-order chi connectivity index (χ0) is 19.9.